The Labute approximate surface area is 145 Å². The van der Waals surface area contributed by atoms with E-state index in [0.29, 0.717) is 17.6 Å². The van der Waals surface area contributed by atoms with Crippen LogP contribution in [-0.4, -0.2) is 46.5 Å². The van der Waals surface area contributed by atoms with Crippen LogP contribution in [0, 0.1) is 5.41 Å². The molecule has 3 aromatic heterocycles. The number of rotatable bonds is 3. The van der Waals surface area contributed by atoms with Crippen molar-refractivity contribution in [2.75, 3.05) is 31.1 Å². The zero-order valence-corrected chi connectivity index (χ0v) is 14.7. The van der Waals surface area contributed by atoms with Gasteiger partial charge in [0, 0.05) is 32.4 Å². The van der Waals surface area contributed by atoms with Crippen molar-refractivity contribution in [1.29, 1.82) is 0 Å². The number of nitrogens with zero attached hydrogens (tertiary/aromatic N) is 5. The highest BCUT2D eigenvalue weighted by Crippen LogP contribution is 2.28. The van der Waals surface area contributed by atoms with Crippen molar-refractivity contribution in [2.45, 2.75) is 27.2 Å². The van der Waals surface area contributed by atoms with Crippen LogP contribution < -0.4 is 10.2 Å². The number of aromatic nitrogens is 4. The van der Waals surface area contributed by atoms with Crippen molar-refractivity contribution in [3.63, 3.8) is 0 Å². The van der Waals surface area contributed by atoms with Crippen LogP contribution in [0.5, 0.6) is 0 Å². The zero-order valence-electron chi connectivity index (χ0n) is 14.7. The number of piperazine rings is 1. The Morgan fingerprint density at radius 1 is 1.16 bits per heavy atom. The molecule has 1 N–H and O–H groups in total. The van der Waals surface area contributed by atoms with Gasteiger partial charge in [0.15, 0.2) is 0 Å². The molecule has 0 radical (unpaired) electrons. The van der Waals surface area contributed by atoms with Crippen LogP contribution >= 0.6 is 0 Å². The van der Waals surface area contributed by atoms with E-state index in [4.69, 9.17) is 9.05 Å². The second kappa shape index (κ2) is 6.11. The summed E-state index contributed by atoms with van der Waals surface area (Å²) in [6, 6.07) is 1.97. The SMILES string of the molecule is CC(C)(C)Cc1noc2ncc(-c3nc(N4CCNCC4)no3)cc12. The summed E-state index contributed by atoms with van der Waals surface area (Å²) in [5.74, 6) is 1.09. The number of pyridine rings is 1. The molecule has 0 saturated carbocycles. The van der Waals surface area contributed by atoms with Crippen molar-refractivity contribution in [3.8, 4) is 11.5 Å². The van der Waals surface area contributed by atoms with Gasteiger partial charge in [0.1, 0.15) is 0 Å². The van der Waals surface area contributed by atoms with Crippen molar-refractivity contribution in [3.05, 3.63) is 18.0 Å². The van der Waals surface area contributed by atoms with E-state index in [-0.39, 0.29) is 5.41 Å². The molecular formula is C17H22N6O2. The Morgan fingerprint density at radius 3 is 2.72 bits per heavy atom. The van der Waals surface area contributed by atoms with Crippen LogP contribution in [0.3, 0.4) is 0 Å². The Kier molecular flexibility index (Phi) is 3.91. The van der Waals surface area contributed by atoms with Gasteiger partial charge in [0.2, 0.25) is 0 Å². The van der Waals surface area contributed by atoms with Gasteiger partial charge in [-0.3, -0.25) is 0 Å². The molecule has 1 aliphatic rings. The quantitative estimate of drug-likeness (QED) is 0.775. The summed E-state index contributed by atoms with van der Waals surface area (Å²) in [5, 5.41) is 12.5. The van der Waals surface area contributed by atoms with Crippen LogP contribution in [0.25, 0.3) is 22.6 Å². The smallest absolute Gasteiger partial charge is 0.266 e. The van der Waals surface area contributed by atoms with E-state index in [1.807, 2.05) is 6.07 Å². The number of fused-ring (bicyclic) bond motifs is 1. The lowest BCUT2D eigenvalue weighted by molar-refractivity contribution is 0.380. The summed E-state index contributed by atoms with van der Waals surface area (Å²) in [4.78, 5) is 11.0. The second-order valence-corrected chi connectivity index (χ2v) is 7.58. The highest BCUT2D eigenvalue weighted by molar-refractivity contribution is 5.80. The molecule has 8 heteroatoms. The van der Waals surface area contributed by atoms with E-state index in [2.05, 4.69) is 51.3 Å². The Morgan fingerprint density at radius 2 is 1.96 bits per heavy atom. The fourth-order valence-corrected chi connectivity index (χ4v) is 2.95. The largest absolute Gasteiger partial charge is 0.336 e. The van der Waals surface area contributed by atoms with E-state index in [1.54, 1.807) is 6.20 Å². The summed E-state index contributed by atoms with van der Waals surface area (Å²) in [6.45, 7) is 10.1. The van der Waals surface area contributed by atoms with Gasteiger partial charge in [-0.15, -0.1) is 0 Å². The third kappa shape index (κ3) is 3.34. The van der Waals surface area contributed by atoms with Gasteiger partial charge in [-0.05, 0) is 23.1 Å². The lowest BCUT2D eigenvalue weighted by atomic mass is 9.90. The number of nitrogens with one attached hydrogen (secondary N) is 1. The van der Waals surface area contributed by atoms with Gasteiger partial charge in [-0.25, -0.2) is 4.98 Å². The second-order valence-electron chi connectivity index (χ2n) is 7.58. The van der Waals surface area contributed by atoms with Gasteiger partial charge in [-0.1, -0.05) is 25.9 Å². The minimum Gasteiger partial charge on any atom is -0.336 e. The van der Waals surface area contributed by atoms with Crippen LogP contribution in [-0.2, 0) is 6.42 Å². The van der Waals surface area contributed by atoms with Crippen molar-refractivity contribution in [1.82, 2.24) is 25.6 Å². The number of hydrogen-bond donors (Lipinski definition) is 1. The maximum atomic E-state index is 5.46. The van der Waals surface area contributed by atoms with Gasteiger partial charge in [0.25, 0.3) is 17.6 Å². The van der Waals surface area contributed by atoms with E-state index in [1.165, 1.54) is 0 Å². The standard InChI is InChI=1S/C17H22N6O2/c1-17(2,3)9-13-12-8-11(10-19-15(12)25-21-13)14-20-16(22-24-14)23-6-4-18-5-7-23/h8,10,18H,4-7,9H2,1-3H3. The number of anilines is 1. The highest BCUT2D eigenvalue weighted by Gasteiger charge is 2.21. The molecule has 1 aliphatic heterocycles. The summed E-state index contributed by atoms with van der Waals surface area (Å²) in [6.07, 6.45) is 2.49. The predicted molar refractivity (Wildman–Crippen MR) is 93.3 cm³/mol. The zero-order chi connectivity index (χ0) is 17.4. The first-order chi connectivity index (χ1) is 12.0. The first kappa shape index (κ1) is 16.0. The normalized spacial score (nSPS) is 15.9. The van der Waals surface area contributed by atoms with Crippen LogP contribution in [0.15, 0.2) is 21.3 Å². The molecule has 4 heterocycles. The molecule has 0 amide bonds. The summed E-state index contributed by atoms with van der Waals surface area (Å²) >= 11 is 0. The highest BCUT2D eigenvalue weighted by atomic mass is 16.5. The molecule has 4 rings (SSSR count). The summed E-state index contributed by atoms with van der Waals surface area (Å²) in [7, 11) is 0. The maximum absolute atomic E-state index is 5.46. The van der Waals surface area contributed by atoms with Crippen molar-refractivity contribution < 1.29 is 9.05 Å². The predicted octanol–water partition coefficient (Wildman–Crippen LogP) is 2.27. The van der Waals surface area contributed by atoms with Gasteiger partial charge in [0.05, 0.1) is 16.6 Å². The molecule has 0 aliphatic carbocycles. The van der Waals surface area contributed by atoms with Crippen LogP contribution in [0.2, 0.25) is 0 Å². The van der Waals surface area contributed by atoms with Gasteiger partial charge in [-0.2, -0.15) is 4.98 Å². The Balaban J connectivity index is 1.65. The first-order valence-corrected chi connectivity index (χ1v) is 8.54. The molecule has 0 atom stereocenters. The van der Waals surface area contributed by atoms with E-state index < -0.39 is 0 Å². The lowest BCUT2D eigenvalue weighted by Gasteiger charge is -2.25. The molecule has 8 nitrogen and oxygen atoms in total. The lowest BCUT2D eigenvalue weighted by Crippen LogP contribution is -2.44. The van der Waals surface area contributed by atoms with Gasteiger partial charge >= 0.3 is 0 Å². The molecule has 132 valence electrons. The van der Waals surface area contributed by atoms with Crippen molar-refractivity contribution >= 4 is 17.0 Å². The molecule has 1 fully saturated rings. The molecule has 0 unspecified atom stereocenters. The molecule has 0 bridgehead atoms. The first-order valence-electron chi connectivity index (χ1n) is 8.54. The Bertz CT molecular complexity index is 873. The third-order valence-electron chi connectivity index (χ3n) is 4.16. The molecule has 3 aromatic rings. The topological polar surface area (TPSA) is 93.1 Å². The van der Waals surface area contributed by atoms with Crippen molar-refractivity contribution in [2.24, 2.45) is 5.41 Å². The van der Waals surface area contributed by atoms with Gasteiger partial charge < -0.3 is 19.3 Å². The van der Waals surface area contributed by atoms with Crippen LogP contribution in [0.4, 0.5) is 5.95 Å². The average molecular weight is 342 g/mol. The minimum absolute atomic E-state index is 0.111. The van der Waals surface area contributed by atoms with E-state index >= 15 is 0 Å². The third-order valence-corrected chi connectivity index (χ3v) is 4.16. The van der Waals surface area contributed by atoms with E-state index in [0.717, 1.165) is 49.2 Å². The Hall–Kier alpha value is -2.48. The average Bonchev–Trinajstić information content (AvgIpc) is 3.22. The summed E-state index contributed by atoms with van der Waals surface area (Å²) < 4.78 is 10.8. The fraction of sp³-hybridized carbons (Fsp3) is 0.529. The molecular weight excluding hydrogens is 320 g/mol. The molecule has 25 heavy (non-hydrogen) atoms. The number of hydrogen-bond acceptors (Lipinski definition) is 8. The monoisotopic (exact) mass is 342 g/mol. The molecule has 1 saturated heterocycles. The van der Waals surface area contributed by atoms with Crippen LogP contribution in [0.1, 0.15) is 26.5 Å². The minimum atomic E-state index is 0.111. The molecule has 0 aromatic carbocycles. The fourth-order valence-electron chi connectivity index (χ4n) is 2.95. The van der Waals surface area contributed by atoms with E-state index in [9.17, 15) is 0 Å². The maximum Gasteiger partial charge on any atom is 0.266 e. The summed E-state index contributed by atoms with van der Waals surface area (Å²) in [5.41, 5.74) is 2.32. The molecule has 0 spiro atoms.